The summed E-state index contributed by atoms with van der Waals surface area (Å²) in [5.41, 5.74) is 0.607. The Hall–Kier alpha value is -2.54. The average Bonchev–Trinajstić information content (AvgIpc) is 2.59. The van der Waals surface area contributed by atoms with Crippen molar-refractivity contribution in [2.75, 3.05) is 32.6 Å². The van der Waals surface area contributed by atoms with E-state index in [4.69, 9.17) is 9.47 Å². The molecule has 0 atom stereocenters. The van der Waals surface area contributed by atoms with Crippen molar-refractivity contribution < 1.29 is 19.1 Å². The number of anilines is 1. The molecule has 2 aromatic carbocycles. The van der Waals surface area contributed by atoms with Gasteiger partial charge in [0.1, 0.15) is 11.5 Å². The van der Waals surface area contributed by atoms with Crippen molar-refractivity contribution in [3.8, 4) is 11.5 Å². The number of rotatable bonds is 7. The highest BCUT2D eigenvalue weighted by Gasteiger charge is 2.14. The van der Waals surface area contributed by atoms with Crippen LogP contribution in [0.5, 0.6) is 11.5 Å². The number of ether oxygens (including phenoxy) is 2. The van der Waals surface area contributed by atoms with Gasteiger partial charge in [-0.05, 0) is 30.3 Å². The minimum absolute atomic E-state index is 0.0715. The summed E-state index contributed by atoms with van der Waals surface area (Å²) in [7, 11) is 3.11. The predicted molar refractivity (Wildman–Crippen MR) is 98.9 cm³/mol. The number of benzene rings is 2. The summed E-state index contributed by atoms with van der Waals surface area (Å²) in [4.78, 5) is 25.4. The zero-order valence-corrected chi connectivity index (χ0v) is 15.6. The molecule has 0 unspecified atom stereocenters. The average molecular weight is 407 g/mol. The third kappa shape index (κ3) is 6.11. The second-order valence-corrected chi connectivity index (χ2v) is 6.19. The van der Waals surface area contributed by atoms with E-state index in [0.29, 0.717) is 17.2 Å². The Morgan fingerprint density at radius 1 is 1.12 bits per heavy atom. The Kier molecular flexibility index (Phi) is 6.82. The molecule has 25 heavy (non-hydrogen) atoms. The van der Waals surface area contributed by atoms with Gasteiger partial charge in [-0.2, -0.15) is 0 Å². The van der Waals surface area contributed by atoms with Crippen LogP contribution < -0.4 is 14.8 Å². The molecule has 132 valence electrons. The van der Waals surface area contributed by atoms with Gasteiger partial charge in [-0.25, -0.2) is 0 Å². The molecule has 2 aromatic rings. The molecule has 0 spiro atoms. The quantitative estimate of drug-likeness (QED) is 0.767. The van der Waals surface area contributed by atoms with E-state index in [1.54, 1.807) is 50.6 Å². The molecule has 0 aliphatic carbocycles. The van der Waals surface area contributed by atoms with E-state index in [-0.39, 0.29) is 25.0 Å². The molecule has 0 fully saturated rings. The van der Waals surface area contributed by atoms with Crippen molar-refractivity contribution in [1.82, 2.24) is 4.90 Å². The molecule has 6 nitrogen and oxygen atoms in total. The van der Waals surface area contributed by atoms with Gasteiger partial charge in [-0.1, -0.05) is 28.1 Å². The summed E-state index contributed by atoms with van der Waals surface area (Å²) in [5, 5.41) is 2.72. The van der Waals surface area contributed by atoms with Crippen molar-refractivity contribution in [2.24, 2.45) is 0 Å². The van der Waals surface area contributed by atoms with Gasteiger partial charge in [-0.3, -0.25) is 9.59 Å². The fourth-order valence-corrected chi connectivity index (χ4v) is 2.40. The lowest BCUT2D eigenvalue weighted by molar-refractivity contribution is -0.135. The number of amides is 2. The Bertz CT molecular complexity index is 751. The number of carbonyl (C=O) groups excluding carboxylic acids is 2. The Morgan fingerprint density at radius 2 is 1.84 bits per heavy atom. The summed E-state index contributed by atoms with van der Waals surface area (Å²) >= 11 is 3.34. The van der Waals surface area contributed by atoms with E-state index < -0.39 is 0 Å². The number of nitrogens with zero attached hydrogens (tertiary/aromatic N) is 1. The highest BCUT2D eigenvalue weighted by Crippen LogP contribution is 2.18. The fraction of sp³-hybridized carbons (Fsp3) is 0.222. The molecule has 0 radical (unpaired) electrons. The van der Waals surface area contributed by atoms with Gasteiger partial charge in [0.25, 0.3) is 5.91 Å². The maximum Gasteiger partial charge on any atom is 0.260 e. The van der Waals surface area contributed by atoms with Gasteiger partial charge in [0.15, 0.2) is 6.61 Å². The number of likely N-dealkylation sites (N-methyl/N-ethyl adjacent to an activating group) is 1. The molecule has 0 saturated heterocycles. The van der Waals surface area contributed by atoms with E-state index in [2.05, 4.69) is 21.2 Å². The highest BCUT2D eigenvalue weighted by atomic mass is 79.9. The minimum atomic E-state index is -0.299. The maximum absolute atomic E-state index is 12.1. The van der Waals surface area contributed by atoms with Gasteiger partial charge >= 0.3 is 0 Å². The van der Waals surface area contributed by atoms with Crippen LogP contribution in [0.1, 0.15) is 0 Å². The number of carbonyl (C=O) groups is 2. The van der Waals surface area contributed by atoms with Gasteiger partial charge < -0.3 is 19.7 Å². The smallest absolute Gasteiger partial charge is 0.260 e. The van der Waals surface area contributed by atoms with E-state index >= 15 is 0 Å². The largest absolute Gasteiger partial charge is 0.497 e. The van der Waals surface area contributed by atoms with Crippen LogP contribution in [-0.2, 0) is 9.59 Å². The summed E-state index contributed by atoms with van der Waals surface area (Å²) < 4.78 is 11.4. The topological polar surface area (TPSA) is 67.9 Å². The third-order valence-electron chi connectivity index (χ3n) is 3.32. The number of methoxy groups -OCH3 is 1. The van der Waals surface area contributed by atoms with Gasteiger partial charge in [0.2, 0.25) is 5.91 Å². The molecule has 0 aliphatic heterocycles. The Balaban J connectivity index is 1.82. The number of hydrogen-bond acceptors (Lipinski definition) is 4. The lowest BCUT2D eigenvalue weighted by Crippen LogP contribution is -2.37. The molecule has 0 aliphatic rings. The van der Waals surface area contributed by atoms with Crippen molar-refractivity contribution in [1.29, 1.82) is 0 Å². The summed E-state index contributed by atoms with van der Waals surface area (Å²) in [6.07, 6.45) is 0. The zero-order valence-electron chi connectivity index (χ0n) is 14.0. The van der Waals surface area contributed by atoms with Crippen LogP contribution in [0.2, 0.25) is 0 Å². The highest BCUT2D eigenvalue weighted by molar-refractivity contribution is 9.10. The summed E-state index contributed by atoms with van der Waals surface area (Å²) in [6, 6.07) is 14.2. The SMILES string of the molecule is COc1cccc(NC(=O)CN(C)C(=O)COc2cccc(Br)c2)c1. The van der Waals surface area contributed by atoms with E-state index in [1.807, 2.05) is 12.1 Å². The standard InChI is InChI=1S/C18H19BrN2O4/c1-21(18(23)12-25-16-8-3-5-13(19)9-16)11-17(22)20-14-6-4-7-15(10-14)24-2/h3-10H,11-12H2,1-2H3,(H,20,22). The lowest BCUT2D eigenvalue weighted by atomic mass is 10.3. The molecular weight excluding hydrogens is 388 g/mol. The van der Waals surface area contributed by atoms with Crippen LogP contribution in [0.25, 0.3) is 0 Å². The molecule has 7 heteroatoms. The van der Waals surface area contributed by atoms with Crippen molar-refractivity contribution >= 4 is 33.4 Å². The molecule has 0 bridgehead atoms. The minimum Gasteiger partial charge on any atom is -0.497 e. The normalized spacial score (nSPS) is 10.0. The van der Waals surface area contributed by atoms with Crippen molar-refractivity contribution in [2.45, 2.75) is 0 Å². The Morgan fingerprint density at radius 3 is 2.56 bits per heavy atom. The summed E-state index contributed by atoms with van der Waals surface area (Å²) in [6.45, 7) is -0.211. The van der Waals surface area contributed by atoms with E-state index in [0.717, 1.165) is 4.47 Å². The van der Waals surface area contributed by atoms with Gasteiger partial charge in [0.05, 0.1) is 13.7 Å². The molecule has 0 heterocycles. The van der Waals surface area contributed by atoms with Crippen LogP contribution in [0.3, 0.4) is 0 Å². The first kappa shape index (κ1) is 18.8. The van der Waals surface area contributed by atoms with Gasteiger partial charge in [-0.15, -0.1) is 0 Å². The summed E-state index contributed by atoms with van der Waals surface area (Å²) in [5.74, 6) is 0.633. The molecule has 0 aromatic heterocycles. The third-order valence-corrected chi connectivity index (χ3v) is 3.81. The van der Waals surface area contributed by atoms with Gasteiger partial charge in [0, 0.05) is 23.3 Å². The molecule has 0 saturated carbocycles. The number of hydrogen-bond donors (Lipinski definition) is 1. The number of halogens is 1. The van der Waals surface area contributed by atoms with Crippen LogP contribution >= 0.6 is 15.9 Å². The maximum atomic E-state index is 12.1. The molecule has 1 N–H and O–H groups in total. The first-order valence-electron chi connectivity index (χ1n) is 7.54. The Labute approximate surface area is 154 Å². The van der Waals surface area contributed by atoms with Crippen LogP contribution in [0.4, 0.5) is 5.69 Å². The van der Waals surface area contributed by atoms with Crippen LogP contribution in [0, 0.1) is 0 Å². The van der Waals surface area contributed by atoms with E-state index in [1.165, 1.54) is 4.90 Å². The second kappa shape index (κ2) is 9.08. The zero-order chi connectivity index (χ0) is 18.2. The number of nitrogens with one attached hydrogen (secondary N) is 1. The lowest BCUT2D eigenvalue weighted by Gasteiger charge is -2.17. The van der Waals surface area contributed by atoms with Crippen molar-refractivity contribution in [3.05, 3.63) is 53.0 Å². The molecular formula is C18H19BrN2O4. The monoisotopic (exact) mass is 406 g/mol. The van der Waals surface area contributed by atoms with E-state index in [9.17, 15) is 9.59 Å². The second-order valence-electron chi connectivity index (χ2n) is 5.28. The van der Waals surface area contributed by atoms with Crippen LogP contribution in [0.15, 0.2) is 53.0 Å². The van der Waals surface area contributed by atoms with Crippen molar-refractivity contribution in [3.63, 3.8) is 0 Å². The molecule has 2 amide bonds. The first-order valence-corrected chi connectivity index (χ1v) is 8.33. The molecule has 2 rings (SSSR count). The fourth-order valence-electron chi connectivity index (χ4n) is 2.02. The van der Waals surface area contributed by atoms with Crippen LogP contribution in [-0.4, -0.2) is 44.0 Å². The predicted octanol–water partition coefficient (Wildman–Crippen LogP) is 2.93. The first-order chi connectivity index (χ1) is 12.0.